The number of nitrogens with one attached hydrogen (secondary N) is 1. The van der Waals surface area contributed by atoms with E-state index in [-0.39, 0.29) is 17.9 Å². The first kappa shape index (κ1) is 16.4. The monoisotopic (exact) mass is 298 g/mol. The number of nitro benzene ring substituents is 1. The van der Waals surface area contributed by atoms with Gasteiger partial charge in [0.05, 0.1) is 4.92 Å². The molecule has 1 rings (SSSR count). The molecule has 0 aliphatic rings. The van der Waals surface area contributed by atoms with Gasteiger partial charge in [-0.05, 0) is 6.07 Å². The zero-order chi connectivity index (χ0) is 15.8. The maximum atomic E-state index is 11.5. The van der Waals surface area contributed by atoms with E-state index in [9.17, 15) is 19.7 Å². The van der Waals surface area contributed by atoms with Crippen molar-refractivity contribution in [2.24, 2.45) is 0 Å². The molecule has 1 aromatic carbocycles. The van der Waals surface area contributed by atoms with Gasteiger partial charge in [-0.3, -0.25) is 14.9 Å². The number of hydrogen-bond acceptors (Lipinski definition) is 6. The topological polar surface area (TPSA) is 139 Å². The van der Waals surface area contributed by atoms with Crippen molar-refractivity contribution in [2.75, 3.05) is 13.2 Å². The summed E-state index contributed by atoms with van der Waals surface area (Å²) in [5.74, 6) is -2.14. The Morgan fingerprint density at radius 1 is 1.38 bits per heavy atom. The molecule has 1 aromatic rings. The van der Waals surface area contributed by atoms with Crippen LogP contribution < -0.4 is 10.1 Å². The maximum Gasteiger partial charge on any atom is 0.326 e. The number of ether oxygens (including phenoxy) is 1. The standard InChI is InChI=1S/C12H14N2O7/c15-6-5-8(12(17)18)13-11(16)7-21-10-4-2-1-3-9(10)14(19)20/h1-4,8,15H,5-7H2,(H,13,16)(H,17,18)/t8-/m1/s1. The van der Waals surface area contributed by atoms with Gasteiger partial charge in [0.25, 0.3) is 5.91 Å². The number of carbonyl (C=O) groups is 2. The number of para-hydroxylation sites is 2. The fraction of sp³-hybridized carbons (Fsp3) is 0.333. The molecule has 114 valence electrons. The molecule has 0 fully saturated rings. The molecule has 9 heteroatoms. The van der Waals surface area contributed by atoms with Crippen molar-refractivity contribution in [1.82, 2.24) is 5.32 Å². The summed E-state index contributed by atoms with van der Waals surface area (Å²) in [6.45, 7) is -0.970. The summed E-state index contributed by atoms with van der Waals surface area (Å²) in [7, 11) is 0. The average Bonchev–Trinajstić information content (AvgIpc) is 2.44. The Morgan fingerprint density at radius 2 is 2.05 bits per heavy atom. The number of amides is 1. The van der Waals surface area contributed by atoms with E-state index in [1.807, 2.05) is 0 Å². The fourth-order valence-corrected chi connectivity index (χ4v) is 1.50. The van der Waals surface area contributed by atoms with Crippen molar-refractivity contribution in [3.05, 3.63) is 34.4 Å². The van der Waals surface area contributed by atoms with Gasteiger partial charge < -0.3 is 20.3 Å². The second-order valence-electron chi connectivity index (χ2n) is 3.98. The van der Waals surface area contributed by atoms with E-state index in [4.69, 9.17) is 14.9 Å². The summed E-state index contributed by atoms with van der Waals surface area (Å²) < 4.78 is 5.01. The van der Waals surface area contributed by atoms with Crippen molar-refractivity contribution in [3.8, 4) is 5.75 Å². The predicted molar refractivity (Wildman–Crippen MR) is 69.9 cm³/mol. The van der Waals surface area contributed by atoms with Gasteiger partial charge in [0.2, 0.25) is 0 Å². The first-order chi connectivity index (χ1) is 9.95. The summed E-state index contributed by atoms with van der Waals surface area (Å²) in [5, 5.41) is 30.4. The number of benzene rings is 1. The molecule has 0 bridgehead atoms. The van der Waals surface area contributed by atoms with Crippen LogP contribution in [0.4, 0.5) is 5.69 Å². The summed E-state index contributed by atoms with van der Waals surface area (Å²) >= 11 is 0. The number of hydrogen-bond donors (Lipinski definition) is 3. The van der Waals surface area contributed by atoms with Crippen molar-refractivity contribution >= 4 is 17.6 Å². The summed E-state index contributed by atoms with van der Waals surface area (Å²) in [5.41, 5.74) is -0.296. The summed E-state index contributed by atoms with van der Waals surface area (Å²) in [4.78, 5) is 32.4. The number of aliphatic hydroxyl groups is 1. The lowest BCUT2D eigenvalue weighted by Gasteiger charge is -2.13. The van der Waals surface area contributed by atoms with Gasteiger partial charge in [-0.25, -0.2) is 4.79 Å². The molecular formula is C12H14N2O7. The van der Waals surface area contributed by atoms with Crippen LogP contribution in [0, 0.1) is 10.1 Å². The summed E-state index contributed by atoms with van der Waals surface area (Å²) in [6, 6.07) is 4.27. The Bertz CT molecular complexity index is 532. The molecule has 0 radical (unpaired) electrons. The lowest BCUT2D eigenvalue weighted by molar-refractivity contribution is -0.385. The predicted octanol–water partition coefficient (Wildman–Crippen LogP) is -0.0746. The van der Waals surface area contributed by atoms with Crippen LogP contribution in [0.1, 0.15) is 6.42 Å². The number of carboxylic acids is 1. The number of rotatable bonds is 8. The molecule has 0 aliphatic carbocycles. The molecule has 0 saturated heterocycles. The lowest BCUT2D eigenvalue weighted by Crippen LogP contribution is -2.43. The highest BCUT2D eigenvalue weighted by Crippen LogP contribution is 2.25. The maximum absolute atomic E-state index is 11.5. The van der Waals surface area contributed by atoms with Crippen LogP contribution in [-0.4, -0.2) is 46.3 Å². The molecule has 0 saturated carbocycles. The number of carbonyl (C=O) groups excluding carboxylic acids is 1. The Hall–Kier alpha value is -2.68. The van der Waals surface area contributed by atoms with Gasteiger partial charge in [0.1, 0.15) is 6.04 Å². The van der Waals surface area contributed by atoms with Crippen molar-refractivity contribution in [2.45, 2.75) is 12.5 Å². The van der Waals surface area contributed by atoms with Crippen LogP contribution in [0.25, 0.3) is 0 Å². The Morgan fingerprint density at radius 3 is 2.62 bits per heavy atom. The molecule has 0 aromatic heterocycles. The minimum atomic E-state index is -1.29. The second-order valence-corrected chi connectivity index (χ2v) is 3.98. The van der Waals surface area contributed by atoms with E-state index in [1.165, 1.54) is 24.3 Å². The SMILES string of the molecule is O=C(COc1ccccc1[N+](=O)[O-])N[C@H](CCO)C(=O)O. The third kappa shape index (κ3) is 5.07. The van der Waals surface area contributed by atoms with E-state index < -0.39 is 36.1 Å². The zero-order valence-electron chi connectivity index (χ0n) is 10.9. The minimum Gasteiger partial charge on any atom is -0.480 e. The van der Waals surface area contributed by atoms with Gasteiger partial charge in [-0.2, -0.15) is 0 Å². The lowest BCUT2D eigenvalue weighted by atomic mass is 10.2. The molecule has 0 heterocycles. The number of aliphatic hydroxyl groups excluding tert-OH is 1. The first-order valence-corrected chi connectivity index (χ1v) is 5.95. The Labute approximate surface area is 119 Å². The number of nitro groups is 1. The van der Waals surface area contributed by atoms with Gasteiger partial charge >= 0.3 is 11.7 Å². The van der Waals surface area contributed by atoms with E-state index in [0.29, 0.717) is 0 Å². The molecule has 0 unspecified atom stereocenters. The molecule has 3 N–H and O–H groups in total. The molecule has 0 aliphatic heterocycles. The third-order valence-corrected chi connectivity index (χ3v) is 2.47. The van der Waals surface area contributed by atoms with Gasteiger partial charge in [0.15, 0.2) is 12.4 Å². The molecule has 9 nitrogen and oxygen atoms in total. The van der Waals surface area contributed by atoms with E-state index in [2.05, 4.69) is 5.32 Å². The highest BCUT2D eigenvalue weighted by atomic mass is 16.6. The van der Waals surface area contributed by atoms with Crippen LogP contribution in [0.15, 0.2) is 24.3 Å². The highest BCUT2D eigenvalue weighted by Gasteiger charge is 2.20. The van der Waals surface area contributed by atoms with E-state index in [0.717, 1.165) is 0 Å². The van der Waals surface area contributed by atoms with Crippen LogP contribution in [0.5, 0.6) is 5.75 Å². The number of aliphatic carboxylic acids is 1. The summed E-state index contributed by atoms with van der Waals surface area (Å²) in [6.07, 6.45) is -0.146. The number of carboxylic acid groups (broad SMARTS) is 1. The van der Waals surface area contributed by atoms with Crippen molar-refractivity contribution in [1.29, 1.82) is 0 Å². The van der Waals surface area contributed by atoms with Crippen molar-refractivity contribution < 1.29 is 29.5 Å². The van der Waals surface area contributed by atoms with E-state index in [1.54, 1.807) is 0 Å². The smallest absolute Gasteiger partial charge is 0.326 e. The third-order valence-electron chi connectivity index (χ3n) is 2.47. The van der Waals surface area contributed by atoms with E-state index >= 15 is 0 Å². The zero-order valence-corrected chi connectivity index (χ0v) is 10.9. The first-order valence-electron chi connectivity index (χ1n) is 5.95. The minimum absolute atomic E-state index is 0.0910. The molecule has 21 heavy (non-hydrogen) atoms. The van der Waals surface area contributed by atoms with Crippen LogP contribution in [0.2, 0.25) is 0 Å². The largest absolute Gasteiger partial charge is 0.480 e. The quantitative estimate of drug-likeness (QED) is 0.450. The van der Waals surface area contributed by atoms with Crippen molar-refractivity contribution in [3.63, 3.8) is 0 Å². The van der Waals surface area contributed by atoms with Gasteiger partial charge in [-0.1, -0.05) is 12.1 Å². The van der Waals surface area contributed by atoms with Crippen LogP contribution in [0.3, 0.4) is 0 Å². The van der Waals surface area contributed by atoms with Gasteiger partial charge in [0, 0.05) is 19.1 Å². The Balaban J connectivity index is 2.61. The van der Waals surface area contributed by atoms with Gasteiger partial charge in [-0.15, -0.1) is 0 Å². The average molecular weight is 298 g/mol. The molecule has 1 atom stereocenters. The van der Waals surface area contributed by atoms with Crippen LogP contribution >= 0.6 is 0 Å². The number of nitrogens with zero attached hydrogens (tertiary/aromatic N) is 1. The second kappa shape index (κ2) is 7.80. The normalized spacial score (nSPS) is 11.5. The Kier molecular flexibility index (Phi) is 6.08. The molecule has 0 spiro atoms. The highest BCUT2D eigenvalue weighted by molar-refractivity contribution is 5.84. The molecular weight excluding hydrogens is 284 g/mol. The van der Waals surface area contributed by atoms with Crippen LogP contribution in [-0.2, 0) is 9.59 Å². The fourth-order valence-electron chi connectivity index (χ4n) is 1.50. The molecule has 1 amide bonds.